The summed E-state index contributed by atoms with van der Waals surface area (Å²) in [4.78, 5) is 16.0. The van der Waals surface area contributed by atoms with Crippen molar-refractivity contribution in [2.45, 2.75) is 6.92 Å². The lowest BCUT2D eigenvalue weighted by Gasteiger charge is -2.07. The fourth-order valence-corrected chi connectivity index (χ4v) is 3.27. The Morgan fingerprint density at radius 2 is 1.70 bits per heavy atom. The number of fused-ring (bicyclic) bond motifs is 2. The molecule has 0 aliphatic heterocycles. The zero-order valence-electron chi connectivity index (χ0n) is 12.5. The number of carbonyl (C=O) groups is 1. The summed E-state index contributed by atoms with van der Waals surface area (Å²) in [7, 11) is 0. The Hall–Kier alpha value is -3.14. The predicted molar refractivity (Wildman–Crippen MR) is 90.8 cm³/mol. The van der Waals surface area contributed by atoms with E-state index in [1.54, 1.807) is 0 Å². The van der Waals surface area contributed by atoms with Crippen LogP contribution in [0.25, 0.3) is 32.8 Å². The summed E-state index contributed by atoms with van der Waals surface area (Å²) in [6.07, 6.45) is 2.66. The van der Waals surface area contributed by atoms with Crippen LogP contribution in [-0.2, 0) is 0 Å². The van der Waals surface area contributed by atoms with E-state index in [2.05, 4.69) is 4.98 Å². The third kappa shape index (κ3) is 1.92. The van der Waals surface area contributed by atoms with Gasteiger partial charge in [0.2, 0.25) is 0 Å². The molecule has 2 heterocycles. The maximum Gasteiger partial charge on any atom is 0.416 e. The molecule has 2 aromatic heterocycles. The summed E-state index contributed by atoms with van der Waals surface area (Å²) in [5.74, 6) is 0. The predicted octanol–water partition coefficient (Wildman–Crippen LogP) is 4.69. The van der Waals surface area contributed by atoms with Gasteiger partial charge < -0.3 is 5.11 Å². The number of pyridine rings is 1. The van der Waals surface area contributed by atoms with Gasteiger partial charge in [0.15, 0.2) is 0 Å². The highest BCUT2D eigenvalue weighted by molar-refractivity contribution is 6.08. The molecule has 0 amide bonds. The van der Waals surface area contributed by atoms with E-state index in [0.29, 0.717) is 11.2 Å². The Balaban J connectivity index is 2.18. The van der Waals surface area contributed by atoms with E-state index in [-0.39, 0.29) is 0 Å². The number of rotatable bonds is 1. The highest BCUT2D eigenvalue weighted by atomic mass is 16.4. The van der Waals surface area contributed by atoms with Crippen molar-refractivity contribution in [2.75, 3.05) is 0 Å². The lowest BCUT2D eigenvalue weighted by atomic mass is 9.98. The molecule has 1 N–H and O–H groups in total. The molecule has 0 saturated carbocycles. The molecule has 4 nitrogen and oxygen atoms in total. The maximum atomic E-state index is 11.7. The van der Waals surface area contributed by atoms with E-state index in [1.165, 1.54) is 4.57 Å². The molecule has 0 radical (unpaired) electrons. The van der Waals surface area contributed by atoms with Crippen LogP contribution in [0, 0.1) is 6.92 Å². The second-order valence-electron chi connectivity index (χ2n) is 5.50. The first kappa shape index (κ1) is 13.5. The quantitative estimate of drug-likeness (QED) is 0.555. The lowest BCUT2D eigenvalue weighted by Crippen LogP contribution is -2.09. The van der Waals surface area contributed by atoms with Crippen molar-refractivity contribution in [2.24, 2.45) is 0 Å². The standard InChI is InChI=1S/C19H14N2O2/c1-12-18(15-8-4-5-9-17(15)21(12)19(22)23)16-11-20-10-13-6-2-3-7-14(13)16/h2-11H,1H3,(H,22,23). The van der Waals surface area contributed by atoms with Gasteiger partial charge in [0.25, 0.3) is 0 Å². The summed E-state index contributed by atoms with van der Waals surface area (Å²) in [6, 6.07) is 15.6. The fraction of sp³-hybridized carbons (Fsp3) is 0.0526. The van der Waals surface area contributed by atoms with Gasteiger partial charge in [-0.25, -0.2) is 9.36 Å². The van der Waals surface area contributed by atoms with Crippen molar-refractivity contribution < 1.29 is 9.90 Å². The third-order valence-corrected chi connectivity index (χ3v) is 4.24. The fourth-order valence-electron chi connectivity index (χ4n) is 3.27. The minimum absolute atomic E-state index is 0.695. The summed E-state index contributed by atoms with van der Waals surface area (Å²) in [5, 5.41) is 12.6. The van der Waals surface area contributed by atoms with Gasteiger partial charge in [-0.05, 0) is 18.4 Å². The highest BCUT2D eigenvalue weighted by Crippen LogP contribution is 2.37. The number of aromatic nitrogens is 2. The monoisotopic (exact) mass is 302 g/mol. The number of carboxylic acid groups (broad SMARTS) is 1. The summed E-state index contributed by atoms with van der Waals surface area (Å²) in [6.45, 7) is 1.84. The van der Waals surface area contributed by atoms with Crippen molar-refractivity contribution in [1.29, 1.82) is 0 Å². The summed E-state index contributed by atoms with van der Waals surface area (Å²) in [5.41, 5.74) is 3.28. The van der Waals surface area contributed by atoms with Gasteiger partial charge in [-0.2, -0.15) is 0 Å². The van der Waals surface area contributed by atoms with Crippen LogP contribution < -0.4 is 0 Å². The summed E-state index contributed by atoms with van der Waals surface area (Å²) >= 11 is 0. The maximum absolute atomic E-state index is 11.7. The second kappa shape index (κ2) is 4.95. The van der Waals surface area contributed by atoms with Gasteiger partial charge in [0, 0.05) is 40.0 Å². The van der Waals surface area contributed by atoms with Gasteiger partial charge in [-0.3, -0.25) is 4.98 Å². The largest absolute Gasteiger partial charge is 0.464 e. The Labute approximate surface area is 132 Å². The number of nitrogens with zero attached hydrogens (tertiary/aromatic N) is 2. The Bertz CT molecular complexity index is 1060. The van der Waals surface area contributed by atoms with E-state index >= 15 is 0 Å². The molecule has 0 spiro atoms. The van der Waals surface area contributed by atoms with Crippen LogP contribution in [0.15, 0.2) is 60.9 Å². The molecule has 0 fully saturated rings. The molecule has 0 aliphatic carbocycles. The Morgan fingerprint density at radius 3 is 2.48 bits per heavy atom. The van der Waals surface area contributed by atoms with Crippen molar-refractivity contribution in [1.82, 2.24) is 9.55 Å². The highest BCUT2D eigenvalue weighted by Gasteiger charge is 2.20. The smallest absolute Gasteiger partial charge is 0.416 e. The van der Waals surface area contributed by atoms with Crippen molar-refractivity contribution >= 4 is 27.8 Å². The van der Waals surface area contributed by atoms with Crippen molar-refractivity contribution in [3.05, 3.63) is 66.6 Å². The third-order valence-electron chi connectivity index (χ3n) is 4.24. The molecule has 4 heteroatoms. The molecule has 4 aromatic rings. The van der Waals surface area contributed by atoms with Crippen LogP contribution in [0.3, 0.4) is 0 Å². The van der Waals surface area contributed by atoms with Crippen LogP contribution in [0.2, 0.25) is 0 Å². The molecule has 0 unspecified atom stereocenters. The SMILES string of the molecule is Cc1c(-c2cncc3ccccc23)c2ccccc2n1C(=O)O. The van der Waals surface area contributed by atoms with Gasteiger partial charge in [-0.15, -0.1) is 0 Å². The zero-order valence-corrected chi connectivity index (χ0v) is 12.5. The van der Waals surface area contributed by atoms with Crippen LogP contribution >= 0.6 is 0 Å². The van der Waals surface area contributed by atoms with E-state index in [0.717, 1.165) is 27.3 Å². The topological polar surface area (TPSA) is 55.1 Å². The molecule has 112 valence electrons. The molecule has 2 aromatic carbocycles. The number of benzene rings is 2. The number of para-hydroxylation sites is 1. The Morgan fingerprint density at radius 1 is 1.00 bits per heavy atom. The van der Waals surface area contributed by atoms with E-state index in [1.807, 2.05) is 67.8 Å². The molecule has 0 aliphatic rings. The average molecular weight is 302 g/mol. The zero-order chi connectivity index (χ0) is 16.0. The summed E-state index contributed by atoms with van der Waals surface area (Å²) < 4.78 is 1.34. The van der Waals surface area contributed by atoms with E-state index in [9.17, 15) is 9.90 Å². The first-order chi connectivity index (χ1) is 11.2. The second-order valence-corrected chi connectivity index (χ2v) is 5.50. The molecule has 0 atom stereocenters. The minimum atomic E-state index is -0.974. The van der Waals surface area contributed by atoms with E-state index in [4.69, 9.17) is 0 Å². The van der Waals surface area contributed by atoms with Crippen LogP contribution in [-0.4, -0.2) is 20.8 Å². The molecule has 23 heavy (non-hydrogen) atoms. The lowest BCUT2D eigenvalue weighted by molar-refractivity contribution is 0.197. The van der Waals surface area contributed by atoms with Crippen molar-refractivity contribution in [3.63, 3.8) is 0 Å². The van der Waals surface area contributed by atoms with Crippen LogP contribution in [0.5, 0.6) is 0 Å². The van der Waals surface area contributed by atoms with Gasteiger partial charge >= 0.3 is 6.09 Å². The molecule has 0 bridgehead atoms. The van der Waals surface area contributed by atoms with Gasteiger partial charge in [-0.1, -0.05) is 42.5 Å². The molecular formula is C19H14N2O2. The number of hydrogen-bond acceptors (Lipinski definition) is 2. The first-order valence-electron chi connectivity index (χ1n) is 7.35. The van der Waals surface area contributed by atoms with Gasteiger partial charge in [0.05, 0.1) is 5.52 Å². The minimum Gasteiger partial charge on any atom is -0.464 e. The normalized spacial score (nSPS) is 11.2. The van der Waals surface area contributed by atoms with Crippen LogP contribution in [0.4, 0.5) is 4.79 Å². The van der Waals surface area contributed by atoms with Crippen molar-refractivity contribution in [3.8, 4) is 11.1 Å². The molecule has 4 rings (SSSR count). The average Bonchev–Trinajstić information content (AvgIpc) is 2.86. The van der Waals surface area contributed by atoms with Gasteiger partial charge in [0.1, 0.15) is 0 Å². The van der Waals surface area contributed by atoms with Crippen LogP contribution in [0.1, 0.15) is 5.69 Å². The molecule has 0 saturated heterocycles. The molecular weight excluding hydrogens is 288 g/mol. The first-order valence-corrected chi connectivity index (χ1v) is 7.35. The Kier molecular flexibility index (Phi) is 2.91. The number of hydrogen-bond donors (Lipinski definition) is 1. The van der Waals surface area contributed by atoms with E-state index < -0.39 is 6.09 Å².